The van der Waals surface area contributed by atoms with Crippen LogP contribution in [0.5, 0.6) is 0 Å². The average molecular weight is 507 g/mol. The van der Waals surface area contributed by atoms with Crippen LogP contribution >= 0.6 is 7.75 Å². The van der Waals surface area contributed by atoms with E-state index in [9.17, 15) is 14.2 Å². The molecule has 194 valence electrons. The number of carbonyl (C=O) groups is 1. The summed E-state index contributed by atoms with van der Waals surface area (Å²) in [4.78, 5) is 50.8. The van der Waals surface area contributed by atoms with Gasteiger partial charge in [-0.3, -0.25) is 19.6 Å². The summed E-state index contributed by atoms with van der Waals surface area (Å²) in [6.07, 6.45) is 11.6. The fraction of sp³-hybridized carbons (Fsp3) is 0.640. The molecule has 1 aromatic heterocycles. The van der Waals surface area contributed by atoms with Crippen LogP contribution < -0.4 is 10.6 Å². The van der Waals surface area contributed by atoms with Gasteiger partial charge in [0.05, 0.1) is 11.0 Å². The number of fused-ring (bicyclic) bond motifs is 1. The number of nitrogens with zero attached hydrogens (tertiary/aromatic N) is 3. The Morgan fingerprint density at radius 3 is 2.43 bits per heavy atom. The summed E-state index contributed by atoms with van der Waals surface area (Å²) in [6.45, 7) is 5.74. The average Bonchev–Trinajstić information content (AvgIpc) is 2.78. The highest BCUT2D eigenvalue weighted by Crippen LogP contribution is 2.28. The maximum Gasteiger partial charge on any atom is 0.430 e. The van der Waals surface area contributed by atoms with Crippen molar-refractivity contribution >= 4 is 24.7 Å². The topological polar surface area (TPSA) is 125 Å². The van der Waals surface area contributed by atoms with Gasteiger partial charge in [0.1, 0.15) is 0 Å². The van der Waals surface area contributed by atoms with Crippen LogP contribution in [0, 0.1) is 0 Å². The van der Waals surface area contributed by atoms with Crippen LogP contribution in [0.3, 0.4) is 0 Å². The van der Waals surface area contributed by atoms with Gasteiger partial charge in [0.15, 0.2) is 5.69 Å². The van der Waals surface area contributed by atoms with Gasteiger partial charge in [0.25, 0.3) is 11.5 Å². The number of benzene rings is 1. The minimum Gasteiger partial charge on any atom is -0.308 e. The molecule has 2 aromatic rings. The molecule has 0 aliphatic heterocycles. The lowest BCUT2D eigenvalue weighted by Crippen LogP contribution is -2.44. The molecule has 9 nitrogen and oxygen atoms in total. The van der Waals surface area contributed by atoms with Crippen LogP contribution in [0.4, 0.5) is 0 Å². The van der Waals surface area contributed by atoms with Crippen molar-refractivity contribution in [2.24, 2.45) is 0 Å². The summed E-state index contributed by atoms with van der Waals surface area (Å²) in [7, 11) is -4.86. The minimum atomic E-state index is -4.86. The van der Waals surface area contributed by atoms with E-state index in [1.165, 1.54) is 49.5 Å². The highest BCUT2D eigenvalue weighted by Gasteiger charge is 2.27. The lowest BCUT2D eigenvalue weighted by atomic mass is 9.93. The van der Waals surface area contributed by atoms with Gasteiger partial charge in [0, 0.05) is 18.6 Å². The molecule has 0 bridgehead atoms. The Balaban J connectivity index is 1.91. The first-order valence-corrected chi connectivity index (χ1v) is 14.5. The molecular weight excluding hydrogens is 467 g/mol. The summed E-state index contributed by atoms with van der Waals surface area (Å²) < 4.78 is 12.8. The molecule has 1 amide bonds. The third kappa shape index (κ3) is 7.46. The molecule has 0 radical (unpaired) electrons. The van der Waals surface area contributed by atoms with Crippen LogP contribution in [-0.4, -0.2) is 48.8 Å². The summed E-state index contributed by atoms with van der Waals surface area (Å²) in [6, 6.07) is 7.90. The van der Waals surface area contributed by atoms with Crippen molar-refractivity contribution in [1.82, 2.24) is 19.5 Å². The molecule has 0 spiro atoms. The quantitative estimate of drug-likeness (QED) is 0.412. The fourth-order valence-electron chi connectivity index (χ4n) is 5.42. The number of rotatable bonds is 10. The highest BCUT2D eigenvalue weighted by molar-refractivity contribution is 7.50. The summed E-state index contributed by atoms with van der Waals surface area (Å²) in [5.41, 5.74) is -0.109. The van der Waals surface area contributed by atoms with Crippen LogP contribution in [-0.2, 0) is 11.1 Å². The number of aryl methyl sites for hydroxylation is 1. The maximum atomic E-state index is 13.3. The largest absolute Gasteiger partial charge is 0.430 e. The number of carbonyl (C=O) groups excluding carboxylic acids is 1. The zero-order valence-corrected chi connectivity index (χ0v) is 21.8. The van der Waals surface area contributed by atoms with E-state index >= 15 is 0 Å². The molecule has 1 aliphatic rings. The number of aromatic nitrogens is 2. The molecule has 1 heterocycles. The van der Waals surface area contributed by atoms with E-state index in [4.69, 9.17) is 9.79 Å². The Kier molecular flexibility index (Phi) is 10.0. The molecule has 0 saturated heterocycles. The second-order valence-corrected chi connectivity index (χ2v) is 10.8. The molecule has 10 heteroatoms. The second kappa shape index (κ2) is 12.8. The zero-order valence-electron chi connectivity index (χ0n) is 20.9. The third-order valence-corrected chi connectivity index (χ3v) is 7.49. The lowest BCUT2D eigenvalue weighted by molar-refractivity contribution is 0.0964. The van der Waals surface area contributed by atoms with E-state index in [2.05, 4.69) is 23.7 Å². The number of nitrogens with one attached hydrogen (secondary N) is 1. The number of amides is 1. The van der Waals surface area contributed by atoms with E-state index < -0.39 is 24.9 Å². The smallest absolute Gasteiger partial charge is 0.308 e. The molecule has 3 N–H and O–H groups in total. The van der Waals surface area contributed by atoms with E-state index in [-0.39, 0.29) is 0 Å². The van der Waals surface area contributed by atoms with Gasteiger partial charge in [-0.25, -0.2) is 9.55 Å². The van der Waals surface area contributed by atoms with Crippen LogP contribution in [0.25, 0.3) is 11.0 Å². The van der Waals surface area contributed by atoms with Gasteiger partial charge in [-0.05, 0) is 44.4 Å². The standard InChI is InChI=1S/C25H39N4O5P/c1-3-12-19(28(4-2)20-13-8-6-5-7-9-14-20)17-18-29-22-16-11-10-15-21(22)26-23(25(29)31)24(30)27-35(32,33)34/h10-11,15-16,19-20H,3-9,12-14,17-18H2,1-2H3,(H3,27,30,32,33,34)/t19-/m1/s1. The van der Waals surface area contributed by atoms with Crippen molar-refractivity contribution in [3.05, 3.63) is 40.3 Å². The van der Waals surface area contributed by atoms with Gasteiger partial charge in [0.2, 0.25) is 0 Å². The van der Waals surface area contributed by atoms with E-state index in [0.29, 0.717) is 29.7 Å². The van der Waals surface area contributed by atoms with Crippen LogP contribution in [0.1, 0.15) is 88.5 Å². The predicted molar refractivity (Wildman–Crippen MR) is 137 cm³/mol. The highest BCUT2D eigenvalue weighted by atomic mass is 31.2. The van der Waals surface area contributed by atoms with E-state index in [0.717, 1.165) is 25.8 Å². The van der Waals surface area contributed by atoms with Crippen molar-refractivity contribution in [3.63, 3.8) is 0 Å². The number of para-hydroxylation sites is 2. The molecular formula is C25H39N4O5P. The Bertz CT molecular complexity index is 1090. The fourth-order valence-corrected chi connectivity index (χ4v) is 5.79. The Morgan fingerprint density at radius 2 is 1.80 bits per heavy atom. The van der Waals surface area contributed by atoms with Crippen molar-refractivity contribution in [2.45, 2.75) is 96.7 Å². The van der Waals surface area contributed by atoms with Gasteiger partial charge < -0.3 is 14.4 Å². The first-order chi connectivity index (χ1) is 16.7. The van der Waals surface area contributed by atoms with Crippen molar-refractivity contribution in [2.75, 3.05) is 6.54 Å². The molecule has 0 unspecified atom stereocenters. The molecule has 1 atom stereocenters. The van der Waals surface area contributed by atoms with Gasteiger partial charge >= 0.3 is 7.75 Å². The Labute approximate surface area is 207 Å². The number of hydrogen-bond donors (Lipinski definition) is 3. The number of hydrogen-bond acceptors (Lipinski definition) is 5. The van der Waals surface area contributed by atoms with E-state index in [1.807, 2.05) is 6.07 Å². The van der Waals surface area contributed by atoms with Gasteiger partial charge in [-0.15, -0.1) is 0 Å². The molecule has 1 saturated carbocycles. The van der Waals surface area contributed by atoms with Crippen LogP contribution in [0.2, 0.25) is 0 Å². The molecule has 1 fully saturated rings. The first-order valence-electron chi connectivity index (χ1n) is 12.9. The van der Waals surface area contributed by atoms with Gasteiger partial charge in [-0.1, -0.05) is 64.5 Å². The molecule has 1 aromatic carbocycles. The van der Waals surface area contributed by atoms with Crippen molar-refractivity contribution in [1.29, 1.82) is 0 Å². The summed E-state index contributed by atoms with van der Waals surface area (Å²) in [5, 5.41) is 1.58. The molecule has 1 aliphatic carbocycles. The predicted octanol–water partition coefficient (Wildman–Crippen LogP) is 4.21. The third-order valence-electron chi connectivity index (χ3n) is 7.00. The summed E-state index contributed by atoms with van der Waals surface area (Å²) >= 11 is 0. The van der Waals surface area contributed by atoms with Crippen molar-refractivity contribution in [3.8, 4) is 0 Å². The van der Waals surface area contributed by atoms with Crippen molar-refractivity contribution < 1.29 is 19.1 Å². The SMILES string of the molecule is CCC[C@H](CCn1c(=O)c(C(=O)NP(=O)(O)O)nc2ccccc21)N(CC)C1CCCCCCC1. The second-order valence-electron chi connectivity index (χ2n) is 9.45. The molecule has 35 heavy (non-hydrogen) atoms. The van der Waals surface area contributed by atoms with E-state index in [1.54, 1.807) is 23.3 Å². The van der Waals surface area contributed by atoms with Crippen LogP contribution in [0.15, 0.2) is 29.1 Å². The Hall–Kier alpha value is -2.06. The zero-order chi connectivity index (χ0) is 25.4. The normalized spacial score (nSPS) is 16.7. The summed E-state index contributed by atoms with van der Waals surface area (Å²) in [5.74, 6) is -1.17. The Morgan fingerprint density at radius 1 is 1.14 bits per heavy atom. The minimum absolute atomic E-state index is 0.306. The molecule has 3 rings (SSSR count). The maximum absolute atomic E-state index is 13.3. The first kappa shape index (κ1) is 27.5. The monoisotopic (exact) mass is 506 g/mol. The lowest BCUT2D eigenvalue weighted by Gasteiger charge is -2.39. The van der Waals surface area contributed by atoms with Gasteiger partial charge in [-0.2, -0.15) is 0 Å².